The van der Waals surface area contributed by atoms with E-state index in [-0.39, 0.29) is 18.1 Å². The van der Waals surface area contributed by atoms with E-state index in [0.29, 0.717) is 19.5 Å². The summed E-state index contributed by atoms with van der Waals surface area (Å²) in [5.74, 6) is -1.71. The molecule has 1 aromatic rings. The molecule has 0 saturated carbocycles. The third kappa shape index (κ3) is 3.45. The molecule has 1 saturated heterocycles. The number of hydrogen-bond donors (Lipinski definition) is 0. The standard InChI is InChI=1S/C16H18N2O2/c17-12-14(16(20)18-10-4-5-11-18)15(19)9-8-13-6-2-1-3-7-13/h1-3,6-7,14H,4-5,8-11H2/t14-/m1/s1. The van der Waals surface area contributed by atoms with Crippen molar-refractivity contribution >= 4 is 11.7 Å². The van der Waals surface area contributed by atoms with Crippen LogP contribution in [0.5, 0.6) is 0 Å². The van der Waals surface area contributed by atoms with Gasteiger partial charge in [-0.2, -0.15) is 5.26 Å². The summed E-state index contributed by atoms with van der Waals surface area (Å²) in [6, 6.07) is 11.5. The zero-order chi connectivity index (χ0) is 14.4. The fourth-order valence-electron chi connectivity index (χ4n) is 2.44. The van der Waals surface area contributed by atoms with Gasteiger partial charge in [0, 0.05) is 19.5 Å². The maximum Gasteiger partial charge on any atom is 0.247 e. The molecule has 4 nitrogen and oxygen atoms in total. The summed E-state index contributed by atoms with van der Waals surface area (Å²) >= 11 is 0. The molecule has 0 aliphatic carbocycles. The van der Waals surface area contributed by atoms with Crippen LogP contribution in [0.15, 0.2) is 30.3 Å². The monoisotopic (exact) mass is 270 g/mol. The lowest BCUT2D eigenvalue weighted by Gasteiger charge is -2.17. The number of nitrogens with zero attached hydrogens (tertiary/aromatic N) is 2. The lowest BCUT2D eigenvalue weighted by atomic mass is 9.98. The second kappa shape index (κ2) is 6.85. The Morgan fingerprint density at radius 3 is 2.45 bits per heavy atom. The summed E-state index contributed by atoms with van der Waals surface area (Å²) in [7, 11) is 0. The van der Waals surface area contributed by atoms with E-state index >= 15 is 0 Å². The second-order valence-electron chi connectivity index (χ2n) is 5.05. The van der Waals surface area contributed by atoms with Gasteiger partial charge < -0.3 is 4.90 Å². The summed E-state index contributed by atoms with van der Waals surface area (Å²) in [5.41, 5.74) is 1.05. The summed E-state index contributed by atoms with van der Waals surface area (Å²) in [6.45, 7) is 1.34. The van der Waals surface area contributed by atoms with E-state index in [0.717, 1.165) is 18.4 Å². The van der Waals surface area contributed by atoms with Crippen LogP contribution in [-0.2, 0) is 16.0 Å². The predicted molar refractivity (Wildman–Crippen MR) is 74.7 cm³/mol. The fourth-order valence-corrected chi connectivity index (χ4v) is 2.44. The predicted octanol–water partition coefficient (Wildman–Crippen LogP) is 1.95. The van der Waals surface area contributed by atoms with Gasteiger partial charge >= 0.3 is 0 Å². The number of rotatable bonds is 5. The van der Waals surface area contributed by atoms with Crippen LogP contribution in [-0.4, -0.2) is 29.7 Å². The van der Waals surface area contributed by atoms with E-state index < -0.39 is 5.92 Å². The molecule has 2 rings (SSSR count). The van der Waals surface area contributed by atoms with Gasteiger partial charge in [-0.25, -0.2) is 0 Å². The molecular formula is C16H18N2O2. The van der Waals surface area contributed by atoms with E-state index in [4.69, 9.17) is 5.26 Å². The van der Waals surface area contributed by atoms with Gasteiger partial charge in [-0.3, -0.25) is 9.59 Å². The van der Waals surface area contributed by atoms with Crippen molar-refractivity contribution in [3.05, 3.63) is 35.9 Å². The van der Waals surface area contributed by atoms with Gasteiger partial charge in [0.2, 0.25) is 5.91 Å². The Hall–Kier alpha value is -2.15. The Bertz CT molecular complexity index is 513. The van der Waals surface area contributed by atoms with Crippen molar-refractivity contribution in [1.82, 2.24) is 4.90 Å². The van der Waals surface area contributed by atoms with Crippen molar-refractivity contribution in [1.29, 1.82) is 5.26 Å². The lowest BCUT2D eigenvalue weighted by Crippen LogP contribution is -2.37. The summed E-state index contributed by atoms with van der Waals surface area (Å²) in [5, 5.41) is 9.11. The van der Waals surface area contributed by atoms with Crippen molar-refractivity contribution < 1.29 is 9.59 Å². The summed E-state index contributed by atoms with van der Waals surface area (Å²) < 4.78 is 0. The molecule has 0 aromatic heterocycles. The minimum absolute atomic E-state index is 0.238. The number of carbonyl (C=O) groups excluding carboxylic acids is 2. The van der Waals surface area contributed by atoms with E-state index in [1.165, 1.54) is 0 Å². The van der Waals surface area contributed by atoms with Crippen LogP contribution in [0.4, 0.5) is 0 Å². The highest BCUT2D eigenvalue weighted by molar-refractivity contribution is 6.04. The van der Waals surface area contributed by atoms with Gasteiger partial charge in [0.05, 0.1) is 6.07 Å². The molecule has 1 aromatic carbocycles. The van der Waals surface area contributed by atoms with E-state index in [1.807, 2.05) is 36.4 Å². The minimum atomic E-state index is -1.13. The molecule has 1 amide bonds. The van der Waals surface area contributed by atoms with Gasteiger partial charge in [0.1, 0.15) is 0 Å². The van der Waals surface area contributed by atoms with E-state index in [2.05, 4.69) is 0 Å². The minimum Gasteiger partial charge on any atom is -0.341 e. The zero-order valence-electron chi connectivity index (χ0n) is 11.4. The maximum atomic E-state index is 12.1. The molecule has 0 spiro atoms. The van der Waals surface area contributed by atoms with Crippen molar-refractivity contribution in [3.8, 4) is 6.07 Å². The molecule has 1 aliphatic rings. The first kappa shape index (κ1) is 14.3. The third-order valence-corrected chi connectivity index (χ3v) is 3.62. The second-order valence-corrected chi connectivity index (χ2v) is 5.05. The first-order chi connectivity index (χ1) is 9.72. The van der Waals surface area contributed by atoms with Crippen LogP contribution < -0.4 is 0 Å². The van der Waals surface area contributed by atoms with Crippen LogP contribution in [0.2, 0.25) is 0 Å². The quantitative estimate of drug-likeness (QED) is 0.768. The third-order valence-electron chi connectivity index (χ3n) is 3.62. The number of amides is 1. The Kier molecular flexibility index (Phi) is 4.89. The van der Waals surface area contributed by atoms with E-state index in [9.17, 15) is 9.59 Å². The maximum absolute atomic E-state index is 12.1. The highest BCUT2D eigenvalue weighted by Crippen LogP contribution is 2.14. The van der Waals surface area contributed by atoms with Crippen LogP contribution in [0, 0.1) is 17.2 Å². The van der Waals surface area contributed by atoms with Crippen LogP contribution >= 0.6 is 0 Å². The average molecular weight is 270 g/mol. The van der Waals surface area contributed by atoms with Crippen molar-refractivity contribution in [2.24, 2.45) is 5.92 Å². The topological polar surface area (TPSA) is 61.2 Å². The molecule has 0 bridgehead atoms. The van der Waals surface area contributed by atoms with Gasteiger partial charge in [-0.15, -0.1) is 0 Å². The first-order valence-corrected chi connectivity index (χ1v) is 6.97. The van der Waals surface area contributed by atoms with Gasteiger partial charge in [-0.1, -0.05) is 30.3 Å². The Morgan fingerprint density at radius 2 is 1.85 bits per heavy atom. The number of ketones is 1. The van der Waals surface area contributed by atoms with E-state index in [1.54, 1.807) is 4.90 Å². The molecular weight excluding hydrogens is 252 g/mol. The smallest absolute Gasteiger partial charge is 0.247 e. The molecule has 1 aliphatic heterocycles. The number of likely N-dealkylation sites (tertiary alicyclic amines) is 1. The number of nitriles is 1. The van der Waals surface area contributed by atoms with Crippen molar-refractivity contribution in [2.75, 3.05) is 13.1 Å². The van der Waals surface area contributed by atoms with Crippen LogP contribution in [0.3, 0.4) is 0 Å². The van der Waals surface area contributed by atoms with Crippen LogP contribution in [0.1, 0.15) is 24.8 Å². The molecule has 4 heteroatoms. The molecule has 104 valence electrons. The molecule has 0 unspecified atom stereocenters. The number of benzene rings is 1. The fraction of sp³-hybridized carbons (Fsp3) is 0.438. The molecule has 0 radical (unpaired) electrons. The molecule has 0 N–H and O–H groups in total. The Balaban J connectivity index is 1.92. The normalized spacial score (nSPS) is 15.7. The van der Waals surface area contributed by atoms with Crippen molar-refractivity contribution in [2.45, 2.75) is 25.7 Å². The zero-order valence-corrected chi connectivity index (χ0v) is 11.4. The number of aryl methyl sites for hydroxylation is 1. The highest BCUT2D eigenvalue weighted by atomic mass is 16.2. The van der Waals surface area contributed by atoms with Crippen LogP contribution in [0.25, 0.3) is 0 Å². The molecule has 1 heterocycles. The average Bonchev–Trinajstić information content (AvgIpc) is 3.01. The summed E-state index contributed by atoms with van der Waals surface area (Å²) in [4.78, 5) is 25.8. The first-order valence-electron chi connectivity index (χ1n) is 6.97. The van der Waals surface area contributed by atoms with Gasteiger partial charge in [-0.05, 0) is 24.8 Å². The summed E-state index contributed by atoms with van der Waals surface area (Å²) in [6.07, 6.45) is 2.73. The Labute approximate surface area is 119 Å². The van der Waals surface area contributed by atoms with Gasteiger partial charge in [0.15, 0.2) is 11.7 Å². The molecule has 1 fully saturated rings. The van der Waals surface area contributed by atoms with Gasteiger partial charge in [0.25, 0.3) is 0 Å². The lowest BCUT2D eigenvalue weighted by molar-refractivity contribution is -0.138. The Morgan fingerprint density at radius 1 is 1.20 bits per heavy atom. The number of carbonyl (C=O) groups is 2. The number of hydrogen-bond acceptors (Lipinski definition) is 3. The largest absolute Gasteiger partial charge is 0.341 e. The SMILES string of the molecule is N#C[C@H](C(=O)CCc1ccccc1)C(=O)N1CCCC1. The van der Waals surface area contributed by atoms with Crippen molar-refractivity contribution in [3.63, 3.8) is 0 Å². The number of Topliss-reactive ketones (excluding diaryl/α,β-unsaturated/α-hetero) is 1. The molecule has 20 heavy (non-hydrogen) atoms. The molecule has 1 atom stereocenters. The highest BCUT2D eigenvalue weighted by Gasteiger charge is 2.31.